The number of methoxy groups -OCH3 is 1. The Morgan fingerprint density at radius 3 is 2.77 bits per heavy atom. The van der Waals surface area contributed by atoms with Crippen molar-refractivity contribution in [3.63, 3.8) is 0 Å². The van der Waals surface area contributed by atoms with Gasteiger partial charge in [-0.3, -0.25) is 4.68 Å². The molecule has 48 heavy (non-hydrogen) atoms. The number of hydrogen-bond donors (Lipinski definition) is 1. The number of carbonyl (C=O) groups excluding carboxylic acids is 1. The van der Waals surface area contributed by atoms with Gasteiger partial charge in [0.25, 0.3) is 0 Å². The topological polar surface area (TPSA) is 76.8 Å². The van der Waals surface area contributed by atoms with Gasteiger partial charge in [0.05, 0.1) is 35.6 Å². The third-order valence-corrected chi connectivity index (χ3v) is 12.1. The van der Waals surface area contributed by atoms with Crippen LogP contribution >= 0.6 is 35.1 Å². The van der Waals surface area contributed by atoms with E-state index in [1.165, 1.54) is 34.5 Å². The normalized spacial score (nSPS) is 17.5. The summed E-state index contributed by atoms with van der Waals surface area (Å²) in [4.78, 5) is 14.6. The van der Waals surface area contributed by atoms with E-state index in [9.17, 15) is 4.79 Å². The van der Waals surface area contributed by atoms with Crippen LogP contribution in [-0.4, -0.2) is 76.5 Å². The van der Waals surface area contributed by atoms with E-state index < -0.39 is 0 Å². The van der Waals surface area contributed by atoms with Crippen molar-refractivity contribution < 1.29 is 14.3 Å². The lowest BCUT2D eigenvalue weighted by Crippen LogP contribution is -2.34. The fourth-order valence-electron chi connectivity index (χ4n) is 7.32. The average Bonchev–Trinajstić information content (AvgIpc) is 3.70. The lowest BCUT2D eigenvalue weighted by Gasteiger charge is -2.27. The Hall–Kier alpha value is -3.25. The summed E-state index contributed by atoms with van der Waals surface area (Å²) in [5, 5.41) is 14.8. The number of benzene rings is 2. The molecule has 254 valence electrons. The van der Waals surface area contributed by atoms with Crippen LogP contribution in [0, 0.1) is 0 Å². The summed E-state index contributed by atoms with van der Waals surface area (Å²) in [5.41, 5.74) is 10.6. The molecule has 0 aliphatic carbocycles. The largest absolute Gasteiger partial charge is 0.491 e. The molecule has 8 bridgehead atoms. The minimum atomic E-state index is -0.345. The highest BCUT2D eigenvalue weighted by Crippen LogP contribution is 2.42. The molecule has 9 nitrogen and oxygen atoms in total. The Kier molecular flexibility index (Phi) is 9.65. The molecule has 12 heteroatoms. The van der Waals surface area contributed by atoms with Crippen LogP contribution in [0.2, 0.25) is 5.02 Å². The van der Waals surface area contributed by atoms with Gasteiger partial charge in [0, 0.05) is 90.8 Å². The van der Waals surface area contributed by atoms with Crippen molar-refractivity contribution >= 4 is 63.3 Å². The van der Waals surface area contributed by atoms with Gasteiger partial charge in [0.15, 0.2) is 0 Å². The van der Waals surface area contributed by atoms with Gasteiger partial charge in [0.2, 0.25) is 0 Å². The maximum Gasteiger partial charge on any atom is 0.354 e. The zero-order valence-electron chi connectivity index (χ0n) is 28.3. The predicted octanol–water partition coefficient (Wildman–Crippen LogP) is 7.15. The minimum Gasteiger partial charge on any atom is -0.491 e. The van der Waals surface area contributed by atoms with E-state index in [1.807, 2.05) is 52.9 Å². The Bertz CT molecular complexity index is 1920. The summed E-state index contributed by atoms with van der Waals surface area (Å²) in [6, 6.07) is 10.8. The molecule has 4 aromatic rings. The number of nitrogens with one attached hydrogen (secondary N) is 1. The van der Waals surface area contributed by atoms with E-state index in [-0.39, 0.29) is 5.97 Å². The summed E-state index contributed by atoms with van der Waals surface area (Å²) in [7, 11) is 7.58. The molecule has 0 spiro atoms. The number of ether oxygens (including phenoxy) is 2. The van der Waals surface area contributed by atoms with E-state index in [0.29, 0.717) is 23.7 Å². The molecule has 2 aromatic heterocycles. The Morgan fingerprint density at radius 1 is 1.10 bits per heavy atom. The van der Waals surface area contributed by atoms with E-state index >= 15 is 0 Å². The van der Waals surface area contributed by atoms with Gasteiger partial charge in [-0.05, 0) is 61.1 Å². The standard InChI is InChI=1S/C36H43ClN6O3S2/c1-6-43-18-28-30(42(43)4)21-47-19-23-16-24(41(3)39-23)20-48-25-15-22-9-7-13-38-33(22)31(17-25)46-14-8-10-26-27-11-12-29(37)32(28)34(27)40(2)35(26)36(44)45-5/h11-12,15-17,38H,6-10,13-14,18-21H2,1-5H3. The number of rotatable bonds is 2. The number of aryl methyl sites for hydroxylation is 4. The maximum absolute atomic E-state index is 13.4. The van der Waals surface area contributed by atoms with Crippen molar-refractivity contribution in [3.8, 4) is 5.75 Å². The van der Waals surface area contributed by atoms with Gasteiger partial charge in [-0.15, -0.1) is 23.5 Å². The first-order chi connectivity index (χ1) is 23.3. The van der Waals surface area contributed by atoms with E-state index in [0.717, 1.165) is 95.3 Å². The molecule has 0 saturated carbocycles. The monoisotopic (exact) mass is 706 g/mol. The van der Waals surface area contributed by atoms with Crippen molar-refractivity contribution in [3.05, 3.63) is 74.8 Å². The number of nitrogens with zero attached hydrogens (tertiary/aromatic N) is 5. The number of likely N-dealkylation sites (N-methyl/N-ethyl adjacent to an activating group) is 1. The second-order valence-corrected chi connectivity index (χ2v) is 15.0. The number of thioether (sulfide) groups is 2. The predicted molar refractivity (Wildman–Crippen MR) is 197 cm³/mol. The Morgan fingerprint density at radius 2 is 1.96 bits per heavy atom. The summed E-state index contributed by atoms with van der Waals surface area (Å²) in [5.74, 6) is 2.99. The first-order valence-corrected chi connectivity index (χ1v) is 19.2. The van der Waals surface area contributed by atoms with Gasteiger partial charge < -0.3 is 24.4 Å². The number of anilines is 1. The van der Waals surface area contributed by atoms with E-state index in [4.69, 9.17) is 26.2 Å². The summed E-state index contributed by atoms with van der Waals surface area (Å²) in [6.07, 6.45) is 3.55. The second kappa shape index (κ2) is 13.9. The third kappa shape index (κ3) is 6.08. The summed E-state index contributed by atoms with van der Waals surface area (Å²) < 4.78 is 15.9. The molecule has 0 atom stereocenters. The van der Waals surface area contributed by atoms with E-state index in [2.05, 4.69) is 53.6 Å². The average molecular weight is 707 g/mol. The van der Waals surface area contributed by atoms with Crippen LogP contribution in [0.3, 0.4) is 0 Å². The molecule has 7 rings (SSSR count). The lowest BCUT2D eigenvalue weighted by atomic mass is 9.98. The van der Waals surface area contributed by atoms with Gasteiger partial charge in [0.1, 0.15) is 11.4 Å². The highest BCUT2D eigenvalue weighted by Gasteiger charge is 2.32. The molecular formula is C36H43ClN6O3S2. The molecule has 0 amide bonds. The molecule has 0 fully saturated rings. The van der Waals surface area contributed by atoms with Gasteiger partial charge in [-0.1, -0.05) is 24.6 Å². The van der Waals surface area contributed by atoms with Crippen LogP contribution in [-0.2, 0) is 43.2 Å². The Labute approximate surface area is 295 Å². The van der Waals surface area contributed by atoms with Gasteiger partial charge >= 0.3 is 5.97 Å². The van der Waals surface area contributed by atoms with Crippen LogP contribution in [0.25, 0.3) is 16.5 Å². The molecule has 0 radical (unpaired) electrons. The minimum absolute atomic E-state index is 0.345. The van der Waals surface area contributed by atoms with Crippen molar-refractivity contribution in [2.75, 3.05) is 51.5 Å². The SMILES string of the molecule is CCN1CC2=C(CSCc3cc(n(C)n3)CSc3cc4c(c(c3)OCCCc3c(C(=O)OC)n(C)c5c2c(Cl)ccc35)NCCC4)N1C. The lowest BCUT2D eigenvalue weighted by molar-refractivity contribution is 0.0589. The first-order valence-electron chi connectivity index (χ1n) is 16.6. The number of hydrazine groups is 1. The molecule has 3 aliphatic heterocycles. The maximum atomic E-state index is 13.4. The molecule has 0 unspecified atom stereocenters. The quantitative estimate of drug-likeness (QED) is 0.219. The second-order valence-electron chi connectivity index (χ2n) is 12.6. The number of halogens is 1. The molecule has 0 saturated heterocycles. The Balaban J connectivity index is 1.34. The van der Waals surface area contributed by atoms with Gasteiger partial charge in [-0.25, -0.2) is 9.80 Å². The number of aromatic nitrogens is 3. The summed E-state index contributed by atoms with van der Waals surface area (Å²) >= 11 is 10.8. The van der Waals surface area contributed by atoms with Crippen molar-refractivity contribution in [1.82, 2.24) is 24.4 Å². The first kappa shape index (κ1) is 33.3. The van der Waals surface area contributed by atoms with Crippen LogP contribution in [0.5, 0.6) is 5.75 Å². The molecular weight excluding hydrogens is 664 g/mol. The van der Waals surface area contributed by atoms with Crippen LogP contribution in [0.1, 0.15) is 58.3 Å². The van der Waals surface area contributed by atoms with Crippen molar-refractivity contribution in [2.45, 2.75) is 49.0 Å². The zero-order chi connectivity index (χ0) is 33.5. The highest BCUT2D eigenvalue weighted by molar-refractivity contribution is 7.98. The third-order valence-electron chi connectivity index (χ3n) is 9.77. The van der Waals surface area contributed by atoms with Crippen molar-refractivity contribution in [1.29, 1.82) is 0 Å². The molecule has 5 heterocycles. The number of carbonyl (C=O) groups is 1. The van der Waals surface area contributed by atoms with Crippen LogP contribution in [0.15, 0.2) is 40.9 Å². The van der Waals surface area contributed by atoms with Crippen LogP contribution < -0.4 is 10.1 Å². The molecule has 2 aromatic carbocycles. The van der Waals surface area contributed by atoms with Crippen LogP contribution in [0.4, 0.5) is 5.69 Å². The highest BCUT2D eigenvalue weighted by atomic mass is 35.5. The smallest absolute Gasteiger partial charge is 0.354 e. The number of esters is 1. The van der Waals surface area contributed by atoms with Gasteiger partial charge in [-0.2, -0.15) is 5.10 Å². The van der Waals surface area contributed by atoms with Crippen molar-refractivity contribution in [2.24, 2.45) is 14.1 Å². The molecule has 3 aliphatic rings. The number of fused-ring (bicyclic) bond motifs is 7. The number of hydrogen-bond acceptors (Lipinski definition) is 9. The fraction of sp³-hybridized carbons (Fsp3) is 0.444. The van der Waals surface area contributed by atoms with E-state index in [1.54, 1.807) is 0 Å². The zero-order valence-corrected chi connectivity index (χ0v) is 30.7. The fourth-order valence-corrected chi connectivity index (χ4v) is 9.59. The molecule has 1 N–H and O–H groups in total. The summed E-state index contributed by atoms with van der Waals surface area (Å²) in [6.45, 7) is 5.25.